The molecular formula is C17H17NOS. The summed E-state index contributed by atoms with van der Waals surface area (Å²) >= 11 is 1.79. The summed E-state index contributed by atoms with van der Waals surface area (Å²) in [6.07, 6.45) is 4.56. The van der Waals surface area contributed by atoms with Gasteiger partial charge in [-0.15, -0.1) is 11.3 Å². The van der Waals surface area contributed by atoms with E-state index in [1.54, 1.807) is 17.4 Å². The van der Waals surface area contributed by atoms with Crippen molar-refractivity contribution < 1.29 is 4.79 Å². The van der Waals surface area contributed by atoms with Crippen LogP contribution in [0.2, 0.25) is 0 Å². The van der Waals surface area contributed by atoms with Gasteiger partial charge in [-0.2, -0.15) is 0 Å². The molecule has 20 heavy (non-hydrogen) atoms. The number of hydrogen-bond donors (Lipinski definition) is 0. The summed E-state index contributed by atoms with van der Waals surface area (Å²) in [4.78, 5) is 15.6. The van der Waals surface area contributed by atoms with E-state index >= 15 is 0 Å². The van der Waals surface area contributed by atoms with Crippen LogP contribution in [0.5, 0.6) is 0 Å². The average molecular weight is 283 g/mol. The number of carbonyl (C=O) groups is 1. The maximum absolute atomic E-state index is 12.2. The molecular weight excluding hydrogens is 266 g/mol. The van der Waals surface area contributed by atoms with Crippen LogP contribution in [0.15, 0.2) is 41.8 Å². The first-order valence-corrected chi connectivity index (χ1v) is 7.69. The summed E-state index contributed by atoms with van der Waals surface area (Å²) in [7, 11) is 0. The third kappa shape index (κ3) is 2.83. The molecule has 0 saturated heterocycles. The van der Waals surface area contributed by atoms with Crippen molar-refractivity contribution in [3.63, 3.8) is 0 Å². The first-order chi connectivity index (χ1) is 9.72. The van der Waals surface area contributed by atoms with E-state index in [2.05, 4.69) is 30.5 Å². The Morgan fingerprint density at radius 2 is 2.05 bits per heavy atom. The maximum Gasteiger partial charge on any atom is 0.246 e. The van der Waals surface area contributed by atoms with Gasteiger partial charge in [0, 0.05) is 24.0 Å². The number of carbonyl (C=O) groups excluding carboxylic acids is 1. The zero-order chi connectivity index (χ0) is 13.9. The highest BCUT2D eigenvalue weighted by molar-refractivity contribution is 7.10. The smallest absolute Gasteiger partial charge is 0.246 e. The van der Waals surface area contributed by atoms with Crippen LogP contribution in [0, 0.1) is 6.92 Å². The molecule has 2 heterocycles. The molecule has 102 valence electrons. The molecule has 0 atom stereocenters. The van der Waals surface area contributed by atoms with Gasteiger partial charge in [-0.1, -0.05) is 29.8 Å². The van der Waals surface area contributed by atoms with Crippen LogP contribution in [0.1, 0.15) is 21.6 Å². The van der Waals surface area contributed by atoms with Gasteiger partial charge in [0.25, 0.3) is 0 Å². The maximum atomic E-state index is 12.2. The van der Waals surface area contributed by atoms with E-state index < -0.39 is 0 Å². The van der Waals surface area contributed by atoms with E-state index in [1.807, 2.05) is 23.1 Å². The Labute approximate surface area is 123 Å². The second-order valence-electron chi connectivity index (χ2n) is 5.12. The Kier molecular flexibility index (Phi) is 3.70. The molecule has 0 radical (unpaired) electrons. The molecule has 3 rings (SSSR count). The highest BCUT2D eigenvalue weighted by Gasteiger charge is 2.19. The van der Waals surface area contributed by atoms with Crippen molar-refractivity contribution in [2.75, 3.05) is 6.54 Å². The Morgan fingerprint density at radius 3 is 2.85 bits per heavy atom. The summed E-state index contributed by atoms with van der Waals surface area (Å²) in [5.74, 6) is 0.0995. The van der Waals surface area contributed by atoms with Crippen molar-refractivity contribution in [2.24, 2.45) is 0 Å². The molecule has 1 aliphatic rings. The van der Waals surface area contributed by atoms with E-state index in [9.17, 15) is 4.79 Å². The first-order valence-electron chi connectivity index (χ1n) is 6.81. The van der Waals surface area contributed by atoms with Gasteiger partial charge in [0.15, 0.2) is 0 Å². The van der Waals surface area contributed by atoms with E-state index in [0.717, 1.165) is 25.1 Å². The van der Waals surface area contributed by atoms with Crippen LogP contribution < -0.4 is 0 Å². The molecule has 0 fully saturated rings. The fourth-order valence-electron chi connectivity index (χ4n) is 2.39. The SMILES string of the molecule is Cc1ccc(/C=C/C(=O)N2CCc3sccc3C2)cc1. The van der Waals surface area contributed by atoms with Gasteiger partial charge >= 0.3 is 0 Å². The van der Waals surface area contributed by atoms with Crippen molar-refractivity contribution >= 4 is 23.3 Å². The predicted molar refractivity (Wildman–Crippen MR) is 83.7 cm³/mol. The molecule has 1 amide bonds. The molecule has 0 spiro atoms. The predicted octanol–water partition coefficient (Wildman–Crippen LogP) is 3.65. The van der Waals surface area contributed by atoms with Crippen molar-refractivity contribution in [1.82, 2.24) is 4.90 Å². The molecule has 1 aromatic carbocycles. The minimum absolute atomic E-state index is 0.0995. The Bertz CT molecular complexity index is 639. The zero-order valence-electron chi connectivity index (χ0n) is 11.5. The second-order valence-corrected chi connectivity index (χ2v) is 6.12. The molecule has 3 heteroatoms. The molecule has 0 N–H and O–H groups in total. The number of rotatable bonds is 2. The summed E-state index contributed by atoms with van der Waals surface area (Å²) < 4.78 is 0. The normalized spacial score (nSPS) is 14.6. The Hall–Kier alpha value is -1.87. The van der Waals surface area contributed by atoms with Crippen LogP contribution in [-0.2, 0) is 17.8 Å². The van der Waals surface area contributed by atoms with Crippen LogP contribution >= 0.6 is 11.3 Å². The molecule has 0 bridgehead atoms. The fraction of sp³-hybridized carbons (Fsp3) is 0.235. The zero-order valence-corrected chi connectivity index (χ0v) is 12.3. The average Bonchev–Trinajstić information content (AvgIpc) is 2.93. The lowest BCUT2D eigenvalue weighted by molar-refractivity contribution is -0.126. The van der Waals surface area contributed by atoms with Gasteiger partial charge in [0.2, 0.25) is 5.91 Å². The largest absolute Gasteiger partial charge is 0.334 e. The quantitative estimate of drug-likeness (QED) is 0.770. The van der Waals surface area contributed by atoms with Gasteiger partial charge in [-0.25, -0.2) is 0 Å². The summed E-state index contributed by atoms with van der Waals surface area (Å²) in [6.45, 7) is 3.63. The number of hydrogen-bond acceptors (Lipinski definition) is 2. The van der Waals surface area contributed by atoms with E-state index in [1.165, 1.54) is 16.0 Å². The van der Waals surface area contributed by atoms with Crippen molar-refractivity contribution in [3.8, 4) is 0 Å². The Morgan fingerprint density at radius 1 is 1.25 bits per heavy atom. The van der Waals surface area contributed by atoms with Gasteiger partial charge in [-0.05, 0) is 42.0 Å². The second kappa shape index (κ2) is 5.63. The number of amides is 1. The minimum atomic E-state index is 0.0995. The summed E-state index contributed by atoms with van der Waals surface area (Å²) in [5, 5.41) is 2.11. The van der Waals surface area contributed by atoms with Gasteiger partial charge in [0.1, 0.15) is 0 Å². The van der Waals surface area contributed by atoms with Crippen LogP contribution in [0.25, 0.3) is 6.08 Å². The summed E-state index contributed by atoms with van der Waals surface area (Å²) in [6, 6.07) is 10.3. The van der Waals surface area contributed by atoms with Crippen molar-refractivity contribution in [1.29, 1.82) is 0 Å². The lowest BCUT2D eigenvalue weighted by Crippen LogP contribution is -2.34. The lowest BCUT2D eigenvalue weighted by atomic mass is 10.1. The first kappa shape index (κ1) is 13.1. The van der Waals surface area contributed by atoms with E-state index in [4.69, 9.17) is 0 Å². The molecule has 1 aromatic heterocycles. The molecule has 0 saturated carbocycles. The van der Waals surface area contributed by atoms with E-state index in [-0.39, 0.29) is 5.91 Å². The third-order valence-corrected chi connectivity index (χ3v) is 4.64. The third-order valence-electron chi connectivity index (χ3n) is 3.62. The van der Waals surface area contributed by atoms with Crippen LogP contribution in [0.4, 0.5) is 0 Å². The molecule has 0 aliphatic carbocycles. The molecule has 2 nitrogen and oxygen atoms in total. The Balaban J connectivity index is 1.67. The van der Waals surface area contributed by atoms with Crippen LogP contribution in [0.3, 0.4) is 0 Å². The van der Waals surface area contributed by atoms with Crippen LogP contribution in [-0.4, -0.2) is 17.4 Å². The molecule has 1 aliphatic heterocycles. The molecule has 2 aromatic rings. The van der Waals surface area contributed by atoms with Gasteiger partial charge in [0.05, 0.1) is 0 Å². The van der Waals surface area contributed by atoms with Crippen molar-refractivity contribution in [2.45, 2.75) is 19.9 Å². The number of nitrogens with zero attached hydrogens (tertiary/aromatic N) is 1. The standard InChI is InChI=1S/C17H17NOS/c1-13-2-4-14(5-3-13)6-7-17(19)18-10-8-16-15(12-18)9-11-20-16/h2-7,9,11H,8,10,12H2,1H3/b7-6+. The lowest BCUT2D eigenvalue weighted by Gasteiger charge is -2.25. The monoisotopic (exact) mass is 283 g/mol. The highest BCUT2D eigenvalue weighted by Crippen LogP contribution is 2.24. The van der Waals surface area contributed by atoms with Gasteiger partial charge in [-0.3, -0.25) is 4.79 Å². The number of thiophene rings is 1. The highest BCUT2D eigenvalue weighted by atomic mass is 32.1. The number of benzene rings is 1. The minimum Gasteiger partial charge on any atom is -0.334 e. The van der Waals surface area contributed by atoms with E-state index in [0.29, 0.717) is 0 Å². The summed E-state index contributed by atoms with van der Waals surface area (Å²) in [5.41, 5.74) is 3.60. The molecule has 0 unspecified atom stereocenters. The van der Waals surface area contributed by atoms with Gasteiger partial charge < -0.3 is 4.90 Å². The van der Waals surface area contributed by atoms with Crippen molar-refractivity contribution in [3.05, 3.63) is 63.4 Å². The number of aryl methyl sites for hydroxylation is 1. The topological polar surface area (TPSA) is 20.3 Å². The number of fused-ring (bicyclic) bond motifs is 1. The fourth-order valence-corrected chi connectivity index (χ4v) is 3.28.